The van der Waals surface area contributed by atoms with Crippen molar-refractivity contribution in [3.05, 3.63) is 100 Å². The first-order chi connectivity index (χ1) is 15.0. The number of rotatable bonds is 6. The van der Waals surface area contributed by atoms with Gasteiger partial charge in [0.15, 0.2) is 6.61 Å². The van der Waals surface area contributed by atoms with Gasteiger partial charge in [0.25, 0.3) is 5.91 Å². The minimum Gasteiger partial charge on any atom is -0.484 e. The van der Waals surface area contributed by atoms with E-state index in [1.807, 2.05) is 67.6 Å². The molecule has 0 saturated heterocycles. The molecule has 0 aliphatic rings. The van der Waals surface area contributed by atoms with Gasteiger partial charge in [0.2, 0.25) is 0 Å². The molecular formula is C26H23NO4. The number of benzene rings is 3. The molecule has 5 heteroatoms. The zero-order valence-corrected chi connectivity index (χ0v) is 17.5. The van der Waals surface area contributed by atoms with E-state index in [4.69, 9.17) is 9.15 Å². The summed E-state index contributed by atoms with van der Waals surface area (Å²) in [6.45, 7) is 2.44. The van der Waals surface area contributed by atoms with Crippen LogP contribution in [0.4, 0.5) is 0 Å². The zero-order valence-electron chi connectivity index (χ0n) is 17.5. The van der Waals surface area contributed by atoms with Crippen LogP contribution in [0.2, 0.25) is 0 Å². The Kier molecular flexibility index (Phi) is 5.85. The molecule has 0 fully saturated rings. The molecule has 1 amide bonds. The number of aryl methyl sites for hydroxylation is 1. The van der Waals surface area contributed by atoms with Crippen molar-refractivity contribution in [3.8, 4) is 16.9 Å². The molecule has 1 heterocycles. The fraction of sp³-hybridized carbons (Fsp3) is 0.154. The van der Waals surface area contributed by atoms with Gasteiger partial charge >= 0.3 is 5.63 Å². The molecule has 31 heavy (non-hydrogen) atoms. The number of fused-ring (bicyclic) bond motifs is 1. The Morgan fingerprint density at radius 3 is 2.48 bits per heavy atom. The lowest BCUT2D eigenvalue weighted by atomic mass is 10.0. The normalized spacial score (nSPS) is 10.8. The van der Waals surface area contributed by atoms with Crippen LogP contribution in [0.25, 0.3) is 22.1 Å². The Labute approximate surface area is 180 Å². The maximum atomic E-state index is 12.5. The van der Waals surface area contributed by atoms with E-state index in [-0.39, 0.29) is 12.5 Å². The second kappa shape index (κ2) is 8.88. The maximum Gasteiger partial charge on any atom is 0.336 e. The summed E-state index contributed by atoms with van der Waals surface area (Å²) in [5, 5.41) is 0.807. The van der Waals surface area contributed by atoms with Crippen LogP contribution in [0, 0.1) is 6.92 Å². The van der Waals surface area contributed by atoms with Gasteiger partial charge in [-0.2, -0.15) is 0 Å². The van der Waals surface area contributed by atoms with E-state index >= 15 is 0 Å². The molecule has 3 aromatic carbocycles. The van der Waals surface area contributed by atoms with Crippen LogP contribution in [-0.4, -0.2) is 24.5 Å². The van der Waals surface area contributed by atoms with Gasteiger partial charge in [-0.25, -0.2) is 4.79 Å². The third kappa shape index (κ3) is 4.67. The highest BCUT2D eigenvalue weighted by atomic mass is 16.5. The van der Waals surface area contributed by atoms with Gasteiger partial charge in [-0.3, -0.25) is 4.79 Å². The van der Waals surface area contributed by atoms with E-state index in [9.17, 15) is 9.59 Å². The van der Waals surface area contributed by atoms with Gasteiger partial charge in [0, 0.05) is 31.1 Å². The van der Waals surface area contributed by atoms with Crippen molar-refractivity contribution in [3.63, 3.8) is 0 Å². The smallest absolute Gasteiger partial charge is 0.336 e. The predicted molar refractivity (Wildman–Crippen MR) is 121 cm³/mol. The molecule has 4 rings (SSSR count). The van der Waals surface area contributed by atoms with Crippen LogP contribution in [-0.2, 0) is 11.3 Å². The molecule has 0 aliphatic carbocycles. The second-order valence-electron chi connectivity index (χ2n) is 7.47. The molecule has 0 spiro atoms. The van der Waals surface area contributed by atoms with E-state index in [1.165, 1.54) is 6.07 Å². The summed E-state index contributed by atoms with van der Waals surface area (Å²) in [6, 6.07) is 24.4. The molecule has 0 saturated carbocycles. The van der Waals surface area contributed by atoms with Crippen molar-refractivity contribution < 1.29 is 13.9 Å². The number of hydrogen-bond acceptors (Lipinski definition) is 4. The van der Waals surface area contributed by atoms with Gasteiger partial charge in [0.1, 0.15) is 11.3 Å². The molecule has 156 valence electrons. The van der Waals surface area contributed by atoms with Crippen molar-refractivity contribution in [1.29, 1.82) is 0 Å². The standard InChI is InChI=1S/C26H23NO4/c1-18-8-6-7-11-20(18)16-27(2)25(28)17-30-21-12-13-22-23(19-9-4-3-5-10-19)15-26(29)31-24(22)14-21/h3-15H,16-17H2,1-2H3. The number of likely N-dealkylation sites (N-methyl/N-ethyl adjacent to an activating group) is 1. The highest BCUT2D eigenvalue weighted by molar-refractivity contribution is 5.93. The summed E-state index contributed by atoms with van der Waals surface area (Å²) >= 11 is 0. The fourth-order valence-corrected chi connectivity index (χ4v) is 3.48. The molecule has 5 nitrogen and oxygen atoms in total. The third-order valence-electron chi connectivity index (χ3n) is 5.26. The largest absolute Gasteiger partial charge is 0.484 e. The fourth-order valence-electron chi connectivity index (χ4n) is 3.48. The Morgan fingerprint density at radius 1 is 0.968 bits per heavy atom. The van der Waals surface area contributed by atoms with Gasteiger partial charge < -0.3 is 14.1 Å². The van der Waals surface area contributed by atoms with Gasteiger partial charge in [-0.1, -0.05) is 54.6 Å². The Bertz CT molecular complexity index is 1280. The molecule has 0 radical (unpaired) electrons. The lowest BCUT2D eigenvalue weighted by Gasteiger charge is -2.19. The Morgan fingerprint density at radius 2 is 1.71 bits per heavy atom. The summed E-state index contributed by atoms with van der Waals surface area (Å²) in [7, 11) is 1.75. The molecule has 4 aromatic rings. The quantitative estimate of drug-likeness (QED) is 0.426. The maximum absolute atomic E-state index is 12.5. The molecule has 0 atom stereocenters. The lowest BCUT2D eigenvalue weighted by molar-refractivity contribution is -0.132. The molecule has 0 aliphatic heterocycles. The van der Waals surface area contributed by atoms with Crippen molar-refractivity contribution in [2.24, 2.45) is 0 Å². The van der Waals surface area contributed by atoms with Gasteiger partial charge in [-0.05, 0) is 41.3 Å². The number of hydrogen-bond donors (Lipinski definition) is 0. The van der Waals surface area contributed by atoms with Gasteiger partial charge in [-0.15, -0.1) is 0 Å². The second-order valence-corrected chi connectivity index (χ2v) is 7.47. The van der Waals surface area contributed by atoms with E-state index in [1.54, 1.807) is 24.1 Å². The minimum atomic E-state index is -0.433. The predicted octanol–water partition coefficient (Wildman–Crippen LogP) is 4.81. The van der Waals surface area contributed by atoms with Crippen LogP contribution in [0.3, 0.4) is 0 Å². The summed E-state index contributed by atoms with van der Waals surface area (Å²) in [5.41, 5.74) is 3.96. The topological polar surface area (TPSA) is 59.8 Å². The first kappa shape index (κ1) is 20.4. The first-order valence-electron chi connectivity index (χ1n) is 10.1. The van der Waals surface area contributed by atoms with E-state index < -0.39 is 5.63 Å². The van der Waals surface area contributed by atoms with Crippen molar-refractivity contribution in [2.45, 2.75) is 13.5 Å². The van der Waals surface area contributed by atoms with Crippen LogP contribution in [0.15, 0.2) is 88.1 Å². The van der Waals surface area contributed by atoms with Gasteiger partial charge in [0.05, 0.1) is 0 Å². The number of amides is 1. The zero-order chi connectivity index (χ0) is 21.8. The number of ether oxygens (including phenoxy) is 1. The Hall–Kier alpha value is -3.86. The third-order valence-corrected chi connectivity index (χ3v) is 5.26. The molecule has 0 bridgehead atoms. The first-order valence-corrected chi connectivity index (χ1v) is 10.1. The summed E-state index contributed by atoms with van der Waals surface area (Å²) in [5.74, 6) is 0.335. The van der Waals surface area contributed by atoms with E-state index in [0.717, 1.165) is 27.6 Å². The highest BCUT2D eigenvalue weighted by Crippen LogP contribution is 2.29. The summed E-state index contributed by atoms with van der Waals surface area (Å²) < 4.78 is 11.1. The number of carbonyl (C=O) groups is 1. The summed E-state index contributed by atoms with van der Waals surface area (Å²) in [4.78, 5) is 26.2. The van der Waals surface area contributed by atoms with Crippen LogP contribution in [0.1, 0.15) is 11.1 Å². The number of nitrogens with zero attached hydrogens (tertiary/aromatic N) is 1. The molecular weight excluding hydrogens is 390 g/mol. The molecule has 1 aromatic heterocycles. The summed E-state index contributed by atoms with van der Waals surface area (Å²) in [6.07, 6.45) is 0. The lowest BCUT2D eigenvalue weighted by Crippen LogP contribution is -2.31. The highest BCUT2D eigenvalue weighted by Gasteiger charge is 2.13. The van der Waals surface area contributed by atoms with Crippen molar-refractivity contribution >= 4 is 16.9 Å². The minimum absolute atomic E-state index is 0.101. The van der Waals surface area contributed by atoms with Crippen LogP contribution >= 0.6 is 0 Å². The monoisotopic (exact) mass is 413 g/mol. The SMILES string of the molecule is Cc1ccccc1CN(C)C(=O)COc1ccc2c(-c3ccccc3)cc(=O)oc2c1. The van der Waals surface area contributed by atoms with Crippen molar-refractivity contribution in [2.75, 3.05) is 13.7 Å². The van der Waals surface area contributed by atoms with Crippen LogP contribution in [0.5, 0.6) is 5.75 Å². The molecule has 0 N–H and O–H groups in total. The van der Waals surface area contributed by atoms with E-state index in [2.05, 4.69) is 0 Å². The average Bonchev–Trinajstić information content (AvgIpc) is 2.78. The average molecular weight is 413 g/mol. The van der Waals surface area contributed by atoms with Crippen LogP contribution < -0.4 is 10.4 Å². The molecule has 0 unspecified atom stereocenters. The Balaban J connectivity index is 1.50. The van der Waals surface area contributed by atoms with E-state index in [0.29, 0.717) is 17.9 Å². The number of carbonyl (C=O) groups excluding carboxylic acids is 1. The van der Waals surface area contributed by atoms with Crippen molar-refractivity contribution in [1.82, 2.24) is 4.90 Å².